The third-order valence-corrected chi connectivity index (χ3v) is 7.52. The molecule has 3 heterocycles. The van der Waals surface area contributed by atoms with Crippen molar-refractivity contribution >= 4 is 28.9 Å². The van der Waals surface area contributed by atoms with Gasteiger partial charge >= 0.3 is 6.18 Å². The monoisotopic (exact) mass is 581 g/mol. The van der Waals surface area contributed by atoms with Gasteiger partial charge in [0.05, 0.1) is 34.7 Å². The first-order valence-corrected chi connectivity index (χ1v) is 13.3. The number of thiocarbonyl (C=S) groups is 1. The zero-order valence-corrected chi connectivity index (χ0v) is 23.1. The van der Waals surface area contributed by atoms with E-state index in [0.717, 1.165) is 11.6 Å². The number of amides is 1. The maximum Gasteiger partial charge on any atom is 0.418 e. The molecule has 1 fully saturated rings. The summed E-state index contributed by atoms with van der Waals surface area (Å²) in [5.41, 5.74) is 2.03. The number of carbonyl (C=O) groups excluding carboxylic acids is 1. The van der Waals surface area contributed by atoms with Crippen molar-refractivity contribution in [3.05, 3.63) is 113 Å². The van der Waals surface area contributed by atoms with Gasteiger partial charge in [-0.2, -0.15) is 13.2 Å². The highest BCUT2D eigenvalue weighted by Crippen LogP contribution is 2.42. The summed E-state index contributed by atoms with van der Waals surface area (Å²) < 4.78 is 57.5. The third kappa shape index (κ3) is 5.67. The van der Waals surface area contributed by atoms with E-state index in [1.165, 1.54) is 30.3 Å². The van der Waals surface area contributed by atoms with E-state index in [9.17, 15) is 22.4 Å². The minimum atomic E-state index is -4.54. The molecule has 0 radical (unpaired) electrons. The van der Waals surface area contributed by atoms with Crippen LogP contribution >= 0.6 is 12.2 Å². The van der Waals surface area contributed by atoms with Gasteiger partial charge in [-0.3, -0.25) is 9.78 Å². The number of alkyl halides is 3. The van der Waals surface area contributed by atoms with Gasteiger partial charge in [0.1, 0.15) is 5.82 Å². The van der Waals surface area contributed by atoms with Gasteiger partial charge in [0.15, 0.2) is 5.11 Å². The number of anilines is 1. The molecule has 1 aliphatic rings. The van der Waals surface area contributed by atoms with Gasteiger partial charge in [0.2, 0.25) is 5.91 Å². The van der Waals surface area contributed by atoms with Crippen molar-refractivity contribution in [2.24, 2.45) is 0 Å². The number of benzene rings is 2. The topological polar surface area (TPSA) is 62.2 Å². The number of para-hydroxylation sites is 2. The van der Waals surface area contributed by atoms with Crippen LogP contribution in [0.25, 0.3) is 5.69 Å². The fourth-order valence-electron chi connectivity index (χ4n) is 5.35. The summed E-state index contributed by atoms with van der Waals surface area (Å²) in [6.45, 7) is 3.71. The molecule has 5 rings (SSSR count). The lowest BCUT2D eigenvalue weighted by molar-refractivity contribution is -0.137. The first-order valence-electron chi connectivity index (χ1n) is 12.9. The zero-order chi connectivity index (χ0) is 29.3. The molecule has 212 valence electrons. The van der Waals surface area contributed by atoms with Crippen LogP contribution in [0.15, 0.2) is 79.0 Å². The Morgan fingerprint density at radius 1 is 1.05 bits per heavy atom. The molecule has 0 bridgehead atoms. The summed E-state index contributed by atoms with van der Waals surface area (Å²) in [5, 5.41) is 6.26. The lowest BCUT2D eigenvalue weighted by atomic mass is 9.96. The number of hydrogen-bond donors (Lipinski definition) is 2. The number of carbonyl (C=O) groups is 1. The van der Waals surface area contributed by atoms with Crippen molar-refractivity contribution in [2.75, 3.05) is 11.9 Å². The Balaban J connectivity index is 1.52. The Bertz CT molecular complexity index is 1590. The summed E-state index contributed by atoms with van der Waals surface area (Å²) >= 11 is 5.68. The van der Waals surface area contributed by atoms with Crippen LogP contribution in [0.1, 0.15) is 46.7 Å². The molecule has 0 unspecified atom stereocenters. The predicted octanol–water partition coefficient (Wildman–Crippen LogP) is 6.65. The molecule has 1 aliphatic heterocycles. The van der Waals surface area contributed by atoms with Crippen LogP contribution in [0, 0.1) is 19.7 Å². The Morgan fingerprint density at radius 2 is 1.76 bits per heavy atom. The van der Waals surface area contributed by atoms with E-state index < -0.39 is 35.5 Å². The van der Waals surface area contributed by atoms with E-state index in [1.54, 1.807) is 42.8 Å². The molecule has 41 heavy (non-hydrogen) atoms. The lowest BCUT2D eigenvalue weighted by Gasteiger charge is -2.28. The van der Waals surface area contributed by atoms with E-state index in [2.05, 4.69) is 15.6 Å². The Morgan fingerprint density at radius 3 is 2.46 bits per heavy atom. The molecular weight excluding hydrogens is 554 g/mol. The van der Waals surface area contributed by atoms with Gasteiger partial charge in [-0.15, -0.1) is 0 Å². The normalized spacial score (nSPS) is 17.0. The molecule has 1 amide bonds. The minimum absolute atomic E-state index is 0.00274. The Kier molecular flexibility index (Phi) is 7.81. The van der Waals surface area contributed by atoms with Crippen LogP contribution in [-0.4, -0.2) is 32.0 Å². The molecule has 0 aliphatic carbocycles. The number of pyridine rings is 1. The quantitative estimate of drug-likeness (QED) is 0.189. The number of aryl methyl sites for hydroxylation is 1. The van der Waals surface area contributed by atoms with E-state index in [0.29, 0.717) is 22.2 Å². The summed E-state index contributed by atoms with van der Waals surface area (Å²) in [6, 6.07) is 17.8. The van der Waals surface area contributed by atoms with Crippen molar-refractivity contribution in [3.8, 4) is 5.69 Å². The first-order chi connectivity index (χ1) is 19.6. The Hall–Kier alpha value is -4.25. The molecular formula is C30H27F4N5OS. The van der Waals surface area contributed by atoms with Gasteiger partial charge in [0, 0.05) is 30.6 Å². The van der Waals surface area contributed by atoms with Crippen LogP contribution in [-0.2, 0) is 11.0 Å². The molecule has 6 nitrogen and oxygen atoms in total. The molecule has 0 spiro atoms. The summed E-state index contributed by atoms with van der Waals surface area (Å²) in [4.78, 5) is 19.1. The number of aromatic nitrogens is 2. The maximum absolute atomic E-state index is 14.1. The molecule has 2 aromatic carbocycles. The number of nitrogens with one attached hydrogen (secondary N) is 2. The average molecular weight is 582 g/mol. The molecule has 1 saturated heterocycles. The Labute approximate surface area is 240 Å². The van der Waals surface area contributed by atoms with Crippen molar-refractivity contribution in [1.29, 1.82) is 0 Å². The molecule has 4 aromatic rings. The summed E-state index contributed by atoms with van der Waals surface area (Å²) in [6.07, 6.45) is -2.88. The number of halogens is 4. The standard InChI is InChI=1S/C30H27F4N5OS/c1-18-17-20(19(2)39(18)25-13-6-3-9-21(25)30(32,33)34)28-27(24-12-7-8-15-35-24)37-29(41)38(28)16-14-26(40)36-23-11-5-4-10-22(23)31/h3-13,15,17,27-28H,14,16H2,1-2H3,(H,36,40)(H,37,41)/t27-,28+/m1/s1. The van der Waals surface area contributed by atoms with E-state index in [-0.39, 0.29) is 24.3 Å². The van der Waals surface area contributed by atoms with Crippen LogP contribution < -0.4 is 10.6 Å². The largest absolute Gasteiger partial charge is 0.418 e. The molecule has 0 saturated carbocycles. The van der Waals surface area contributed by atoms with Crippen LogP contribution in [0.5, 0.6) is 0 Å². The van der Waals surface area contributed by atoms with Crippen molar-refractivity contribution < 1.29 is 22.4 Å². The molecule has 2 atom stereocenters. The van der Waals surface area contributed by atoms with E-state index in [4.69, 9.17) is 12.2 Å². The molecule has 2 N–H and O–H groups in total. The SMILES string of the molecule is Cc1cc([C@H]2[C@@H](c3ccccn3)NC(=S)N2CCC(=O)Nc2ccccc2F)c(C)n1-c1ccccc1C(F)(F)F. The second-order valence-corrected chi connectivity index (χ2v) is 10.2. The molecule has 2 aromatic heterocycles. The van der Waals surface area contributed by atoms with Crippen LogP contribution in [0.3, 0.4) is 0 Å². The highest BCUT2D eigenvalue weighted by molar-refractivity contribution is 7.80. The number of nitrogens with zero attached hydrogens (tertiary/aromatic N) is 3. The fourth-order valence-corrected chi connectivity index (χ4v) is 5.68. The van der Waals surface area contributed by atoms with Crippen molar-refractivity contribution in [2.45, 2.75) is 38.5 Å². The lowest BCUT2D eigenvalue weighted by Crippen LogP contribution is -2.33. The molecule has 11 heteroatoms. The average Bonchev–Trinajstić information content (AvgIpc) is 3.42. The maximum atomic E-state index is 14.1. The van der Waals surface area contributed by atoms with Gasteiger partial charge < -0.3 is 20.1 Å². The van der Waals surface area contributed by atoms with Crippen LogP contribution in [0.2, 0.25) is 0 Å². The second-order valence-electron chi connectivity index (χ2n) is 9.77. The first kappa shape index (κ1) is 28.3. The van der Waals surface area contributed by atoms with Gasteiger partial charge in [0.25, 0.3) is 0 Å². The van der Waals surface area contributed by atoms with E-state index in [1.807, 2.05) is 23.1 Å². The van der Waals surface area contributed by atoms with Gasteiger partial charge in [-0.1, -0.05) is 30.3 Å². The number of hydrogen-bond acceptors (Lipinski definition) is 3. The predicted molar refractivity (Wildman–Crippen MR) is 152 cm³/mol. The summed E-state index contributed by atoms with van der Waals surface area (Å²) in [7, 11) is 0. The smallest absolute Gasteiger partial charge is 0.352 e. The van der Waals surface area contributed by atoms with Crippen molar-refractivity contribution in [3.63, 3.8) is 0 Å². The van der Waals surface area contributed by atoms with E-state index >= 15 is 0 Å². The van der Waals surface area contributed by atoms with Gasteiger partial charge in [-0.25, -0.2) is 4.39 Å². The minimum Gasteiger partial charge on any atom is -0.352 e. The highest BCUT2D eigenvalue weighted by Gasteiger charge is 2.42. The fraction of sp³-hybridized carbons (Fsp3) is 0.233. The zero-order valence-electron chi connectivity index (χ0n) is 22.2. The second kappa shape index (κ2) is 11.3. The van der Waals surface area contributed by atoms with Gasteiger partial charge in [-0.05, 0) is 74.1 Å². The number of rotatable bonds is 7. The highest BCUT2D eigenvalue weighted by atomic mass is 32.1. The third-order valence-electron chi connectivity index (χ3n) is 7.16. The summed E-state index contributed by atoms with van der Waals surface area (Å²) in [5.74, 6) is -0.943. The van der Waals surface area contributed by atoms with Crippen LogP contribution in [0.4, 0.5) is 23.2 Å². The van der Waals surface area contributed by atoms with Crippen molar-refractivity contribution in [1.82, 2.24) is 19.8 Å².